The van der Waals surface area contributed by atoms with Crippen LogP contribution in [-0.4, -0.2) is 21.7 Å². The van der Waals surface area contributed by atoms with Crippen molar-refractivity contribution in [3.8, 4) is 55.6 Å². The van der Waals surface area contributed by atoms with E-state index in [9.17, 15) is 0 Å². The maximum absolute atomic E-state index is 2.63. The van der Waals surface area contributed by atoms with E-state index in [1.54, 1.807) is 5.56 Å². The molecule has 0 saturated heterocycles. The largest absolute Gasteiger partial charge is 0.0617 e. The molecule has 0 spiro atoms. The van der Waals surface area contributed by atoms with Crippen molar-refractivity contribution in [1.29, 1.82) is 0 Å². The molecule has 2 saturated carbocycles. The number of benzene rings is 12. The fourth-order valence-corrected chi connectivity index (χ4v) is 17.4. The Balaban J connectivity index is 0.928. The summed E-state index contributed by atoms with van der Waals surface area (Å²) in [5.74, 6) is 2.41. The molecule has 3 nitrogen and oxygen atoms in total. The van der Waals surface area contributed by atoms with E-state index in [0.29, 0.717) is 5.92 Å². The summed E-state index contributed by atoms with van der Waals surface area (Å²) in [5, 5.41) is 0. The summed E-state index contributed by atoms with van der Waals surface area (Å²) in [6.07, 6.45) is 5.56. The maximum atomic E-state index is 2.63. The first-order chi connectivity index (χ1) is 41.6. The number of fused-ring (bicyclic) bond motifs is 8. The van der Waals surface area contributed by atoms with Crippen molar-refractivity contribution >= 4 is 98.2 Å². The molecule has 0 aromatic heterocycles. The topological polar surface area (TPSA) is 9.72 Å². The zero-order chi connectivity index (χ0) is 55.2. The van der Waals surface area contributed by atoms with Gasteiger partial charge >= 0.3 is 323 Å². The van der Waals surface area contributed by atoms with Gasteiger partial charge in [-0.25, -0.2) is 0 Å². The molecule has 5 heteroatoms. The average molecular weight is 1140 g/mol. The Bertz CT molecular complexity index is 4400. The Hall–Kier alpha value is -9.38. The van der Waals surface area contributed by atoms with Crippen LogP contribution in [0.3, 0.4) is 0 Å². The molecule has 84 heavy (non-hydrogen) atoms. The molecular weight excluding hydrogens is 1080 g/mol. The van der Waals surface area contributed by atoms with Gasteiger partial charge in [0.2, 0.25) is 0 Å². The summed E-state index contributed by atoms with van der Waals surface area (Å²) in [6.45, 7) is -0.112. The molecule has 0 amide bonds. The second-order valence-electron chi connectivity index (χ2n) is 23.6. The Morgan fingerprint density at radius 2 is 0.786 bits per heavy atom. The minimum atomic E-state index is -0.112. The maximum Gasteiger partial charge on any atom is -0.0544 e. The van der Waals surface area contributed by atoms with Crippen LogP contribution >= 0.6 is 0 Å². The Morgan fingerprint density at radius 1 is 0.298 bits per heavy atom. The van der Waals surface area contributed by atoms with E-state index in [2.05, 4.69) is 300 Å². The van der Waals surface area contributed by atoms with Gasteiger partial charge in [-0.05, 0) is 28.3 Å². The summed E-state index contributed by atoms with van der Waals surface area (Å²) in [6, 6.07) is 108. The molecule has 2 bridgehead atoms. The third-order valence-corrected chi connectivity index (χ3v) is 21.2. The molecule has 2 aliphatic carbocycles. The number of hydrogen-bond donors (Lipinski definition) is 0. The second kappa shape index (κ2) is 20.2. The summed E-state index contributed by atoms with van der Waals surface area (Å²) >= 11 is 0.176. The number of rotatable bonds is 9. The Morgan fingerprint density at radius 3 is 1.33 bits per heavy atom. The van der Waals surface area contributed by atoms with Gasteiger partial charge in [0.05, 0.1) is 0 Å². The van der Waals surface area contributed by atoms with Gasteiger partial charge in [-0.1, -0.05) is 152 Å². The number of para-hydroxylation sites is 1. The van der Waals surface area contributed by atoms with Crippen molar-refractivity contribution < 1.29 is 0 Å². The van der Waals surface area contributed by atoms with Crippen molar-refractivity contribution in [3.05, 3.63) is 291 Å². The van der Waals surface area contributed by atoms with Crippen molar-refractivity contribution in [3.63, 3.8) is 0 Å². The van der Waals surface area contributed by atoms with Crippen LogP contribution in [0.1, 0.15) is 37.2 Å². The van der Waals surface area contributed by atoms with Gasteiger partial charge < -0.3 is 0 Å². The molecule has 398 valence electrons. The zero-order valence-corrected chi connectivity index (χ0v) is 48.2. The van der Waals surface area contributed by atoms with Crippen LogP contribution in [-0.2, 0) is 0 Å². The SMILES string of the molecule is c1ccc(-c2cc(-c3ccccc3)cc(N3c4ccc(N5c6ccccc6[Se]c6cc(C7CC8CCC7C8)ccc65)cc4B4c5ccc(-c6ccccc6)cc5N(c5cc(-c6ccccc6)cc(-c6ccccc6)c5)c5cccc3c54)c2)cc1. The van der Waals surface area contributed by atoms with E-state index in [4.69, 9.17) is 0 Å². The van der Waals surface area contributed by atoms with Crippen LogP contribution in [0.15, 0.2) is 285 Å². The molecular formula is C79H58BN3Se. The summed E-state index contributed by atoms with van der Waals surface area (Å²) < 4.78 is 2.92. The van der Waals surface area contributed by atoms with Crippen LogP contribution in [0.5, 0.6) is 0 Å². The number of anilines is 9. The number of hydrogen-bond acceptors (Lipinski definition) is 3. The van der Waals surface area contributed by atoms with E-state index < -0.39 is 0 Å². The molecule has 3 heterocycles. The quantitative estimate of drug-likeness (QED) is 0.133. The van der Waals surface area contributed by atoms with Crippen LogP contribution in [0.2, 0.25) is 0 Å². The molecule has 17 rings (SSSR count). The van der Waals surface area contributed by atoms with E-state index in [1.807, 2.05) is 0 Å². The van der Waals surface area contributed by atoms with E-state index in [-0.39, 0.29) is 21.7 Å². The van der Waals surface area contributed by atoms with Crippen LogP contribution in [0.25, 0.3) is 55.6 Å². The predicted octanol–water partition coefficient (Wildman–Crippen LogP) is 17.4. The molecule has 0 radical (unpaired) electrons. The first-order valence-corrected chi connectivity index (χ1v) is 31.6. The molecule has 5 aliphatic rings. The summed E-state index contributed by atoms with van der Waals surface area (Å²) in [5.41, 5.74) is 28.0. The van der Waals surface area contributed by atoms with Gasteiger partial charge in [0, 0.05) is 0 Å². The fourth-order valence-electron chi connectivity index (χ4n) is 15.0. The van der Waals surface area contributed by atoms with Gasteiger partial charge in [0.15, 0.2) is 0 Å². The first kappa shape index (κ1) is 49.3. The molecule has 12 aromatic carbocycles. The van der Waals surface area contributed by atoms with Crippen molar-refractivity contribution in [2.75, 3.05) is 14.7 Å². The fraction of sp³-hybridized carbons (Fsp3) is 0.0886. The first-order valence-electron chi connectivity index (χ1n) is 29.9. The summed E-state index contributed by atoms with van der Waals surface area (Å²) in [7, 11) is 0. The van der Waals surface area contributed by atoms with Crippen LogP contribution < -0.4 is 40.0 Å². The second-order valence-corrected chi connectivity index (χ2v) is 25.9. The molecule has 2 fully saturated rings. The minimum Gasteiger partial charge on any atom is -0.0617 e. The van der Waals surface area contributed by atoms with Gasteiger partial charge in [0.1, 0.15) is 0 Å². The van der Waals surface area contributed by atoms with Crippen molar-refractivity contribution in [1.82, 2.24) is 0 Å². The smallest absolute Gasteiger partial charge is 0.0544 e. The predicted molar refractivity (Wildman–Crippen MR) is 356 cm³/mol. The molecule has 3 unspecified atom stereocenters. The Kier molecular flexibility index (Phi) is 11.8. The average Bonchev–Trinajstić information content (AvgIpc) is 1.36. The Labute approximate surface area is 499 Å². The standard InChI is InChI=1S/C79H58BN3Se/c1-6-19-53(20-7-1)58-35-38-69-76(49-58)83(67-47-63(56-25-12-4-13-26-56)44-64(48-67)57-27-14-5-15-28-57)75-31-18-30-74-79(75)80(69)70-51-65(81-72-29-16-17-32-77(72)84-78-50-60(36-39-73(78)81)68-42-52-33-34-59(68)41-52)37-40-71(70)82(74)66-45-61(54-21-8-2-9-22-54)43-62(46-66)55-23-10-3-11-24-55/h1-32,35-40,43-52,59,68H,33-34,41-42H2. The zero-order valence-electron chi connectivity index (χ0n) is 46.5. The molecule has 12 aromatic rings. The molecule has 0 N–H and O–H groups in total. The van der Waals surface area contributed by atoms with E-state index >= 15 is 0 Å². The van der Waals surface area contributed by atoms with Gasteiger partial charge in [-0.3, -0.25) is 0 Å². The minimum absolute atomic E-state index is 0.112. The van der Waals surface area contributed by atoms with Gasteiger partial charge in [-0.15, -0.1) is 0 Å². The number of nitrogens with zero attached hydrogens (tertiary/aromatic N) is 3. The monoisotopic (exact) mass is 1140 g/mol. The van der Waals surface area contributed by atoms with Crippen molar-refractivity contribution in [2.45, 2.75) is 31.6 Å². The van der Waals surface area contributed by atoms with Crippen molar-refractivity contribution in [2.24, 2.45) is 11.8 Å². The normalized spacial score (nSPS) is 16.8. The van der Waals surface area contributed by atoms with Crippen LogP contribution in [0.4, 0.5) is 51.2 Å². The van der Waals surface area contributed by atoms with Crippen LogP contribution in [0, 0.1) is 11.8 Å². The third kappa shape index (κ3) is 8.32. The van der Waals surface area contributed by atoms with Gasteiger partial charge in [0.25, 0.3) is 0 Å². The third-order valence-electron chi connectivity index (χ3n) is 18.8. The molecule has 3 aliphatic heterocycles. The van der Waals surface area contributed by atoms with Gasteiger partial charge in [-0.2, -0.15) is 0 Å². The molecule has 3 atom stereocenters. The van der Waals surface area contributed by atoms with E-state index in [0.717, 1.165) is 23.2 Å². The van der Waals surface area contributed by atoms with E-state index in [1.165, 1.54) is 146 Å². The summed E-state index contributed by atoms with van der Waals surface area (Å²) in [4.78, 5) is 7.78.